The molecule has 64 valence electrons. The minimum atomic E-state index is 0.607. The highest BCUT2D eigenvalue weighted by Crippen LogP contribution is 1.97. The first-order valence-corrected chi connectivity index (χ1v) is 4.04. The van der Waals surface area contributed by atoms with Gasteiger partial charge in [0.25, 0.3) is 0 Å². The second-order valence-corrected chi connectivity index (χ2v) is 2.78. The Balaban J connectivity index is 3.37. The number of hydrogen-bond donors (Lipinski definition) is 1. The minimum absolute atomic E-state index is 0.607. The number of hydrogen-bond acceptors (Lipinski definition) is 3. The molecule has 0 rings (SSSR count). The SMILES string of the molecule is CCC(C)N(C)CCNC#N. The van der Waals surface area contributed by atoms with Crippen LogP contribution < -0.4 is 5.32 Å². The summed E-state index contributed by atoms with van der Waals surface area (Å²) in [5, 5.41) is 10.8. The van der Waals surface area contributed by atoms with Crippen molar-refractivity contribution in [3.05, 3.63) is 0 Å². The van der Waals surface area contributed by atoms with Crippen molar-refractivity contribution in [3.63, 3.8) is 0 Å². The molecule has 0 radical (unpaired) electrons. The van der Waals surface area contributed by atoms with Crippen LogP contribution in [0.25, 0.3) is 0 Å². The maximum atomic E-state index is 8.20. The molecule has 0 saturated heterocycles. The van der Waals surface area contributed by atoms with Crippen LogP contribution in [-0.2, 0) is 0 Å². The standard InChI is InChI=1S/C8H17N3/c1-4-8(2)11(3)6-5-10-7-9/h8,10H,4-6H2,1-3H3. The zero-order chi connectivity index (χ0) is 8.69. The lowest BCUT2D eigenvalue weighted by Crippen LogP contribution is -2.33. The van der Waals surface area contributed by atoms with Crippen LogP contribution in [0.1, 0.15) is 20.3 Å². The second-order valence-electron chi connectivity index (χ2n) is 2.78. The largest absolute Gasteiger partial charge is 0.323 e. The van der Waals surface area contributed by atoms with E-state index in [0.717, 1.165) is 19.5 Å². The lowest BCUT2D eigenvalue weighted by atomic mass is 10.2. The molecule has 0 aromatic heterocycles. The van der Waals surface area contributed by atoms with Crippen LogP contribution in [-0.4, -0.2) is 31.1 Å². The normalized spacial score (nSPS) is 12.6. The van der Waals surface area contributed by atoms with E-state index in [1.165, 1.54) is 0 Å². The molecule has 0 aliphatic heterocycles. The topological polar surface area (TPSA) is 39.1 Å². The zero-order valence-electron chi connectivity index (χ0n) is 7.59. The van der Waals surface area contributed by atoms with Gasteiger partial charge >= 0.3 is 0 Å². The molecule has 0 aliphatic rings. The molecule has 1 N–H and O–H groups in total. The summed E-state index contributed by atoms with van der Waals surface area (Å²) in [4.78, 5) is 2.24. The van der Waals surface area contributed by atoms with E-state index in [4.69, 9.17) is 5.26 Å². The number of nitriles is 1. The highest BCUT2D eigenvalue weighted by Gasteiger charge is 2.04. The first-order valence-electron chi connectivity index (χ1n) is 4.04. The van der Waals surface area contributed by atoms with E-state index < -0.39 is 0 Å². The fraction of sp³-hybridized carbons (Fsp3) is 0.875. The smallest absolute Gasteiger partial charge is 0.176 e. The van der Waals surface area contributed by atoms with E-state index in [0.29, 0.717) is 6.04 Å². The highest BCUT2D eigenvalue weighted by atomic mass is 15.1. The van der Waals surface area contributed by atoms with Crippen molar-refractivity contribution in [2.24, 2.45) is 0 Å². The van der Waals surface area contributed by atoms with Crippen molar-refractivity contribution < 1.29 is 0 Å². The molecular weight excluding hydrogens is 138 g/mol. The molecule has 0 saturated carbocycles. The molecule has 0 bridgehead atoms. The summed E-state index contributed by atoms with van der Waals surface area (Å²) >= 11 is 0. The summed E-state index contributed by atoms with van der Waals surface area (Å²) in [6, 6.07) is 0.607. The number of nitrogens with zero attached hydrogens (tertiary/aromatic N) is 2. The fourth-order valence-corrected chi connectivity index (χ4v) is 0.820. The third-order valence-corrected chi connectivity index (χ3v) is 2.01. The molecule has 3 nitrogen and oxygen atoms in total. The summed E-state index contributed by atoms with van der Waals surface area (Å²) < 4.78 is 0. The van der Waals surface area contributed by atoms with E-state index in [-0.39, 0.29) is 0 Å². The first kappa shape index (κ1) is 10.2. The third-order valence-electron chi connectivity index (χ3n) is 2.01. The lowest BCUT2D eigenvalue weighted by Gasteiger charge is -2.22. The van der Waals surface area contributed by atoms with Crippen LogP contribution in [0.4, 0.5) is 0 Å². The Bertz CT molecular complexity index is 128. The van der Waals surface area contributed by atoms with Gasteiger partial charge < -0.3 is 10.2 Å². The monoisotopic (exact) mass is 155 g/mol. The van der Waals surface area contributed by atoms with Crippen LogP contribution in [0.15, 0.2) is 0 Å². The Morgan fingerprint density at radius 1 is 1.64 bits per heavy atom. The Labute approximate surface area is 69.0 Å². The van der Waals surface area contributed by atoms with E-state index in [1.54, 1.807) is 0 Å². The summed E-state index contributed by atoms with van der Waals surface area (Å²) in [6.45, 7) is 6.03. The Hall–Kier alpha value is -0.750. The molecule has 0 heterocycles. The Morgan fingerprint density at radius 2 is 2.27 bits per heavy atom. The first-order chi connectivity index (χ1) is 5.22. The quantitative estimate of drug-likeness (QED) is 0.362. The molecule has 0 aromatic carbocycles. The van der Waals surface area contributed by atoms with Gasteiger partial charge in [-0.2, -0.15) is 5.26 Å². The van der Waals surface area contributed by atoms with Crippen molar-refractivity contribution in [1.82, 2.24) is 10.2 Å². The summed E-state index contributed by atoms with van der Waals surface area (Å²) in [7, 11) is 2.08. The van der Waals surface area contributed by atoms with Crippen molar-refractivity contribution >= 4 is 0 Å². The number of nitrogens with one attached hydrogen (secondary N) is 1. The lowest BCUT2D eigenvalue weighted by molar-refractivity contribution is 0.255. The van der Waals surface area contributed by atoms with Gasteiger partial charge in [0.2, 0.25) is 0 Å². The van der Waals surface area contributed by atoms with Crippen LogP contribution in [0.3, 0.4) is 0 Å². The molecule has 0 aromatic rings. The van der Waals surface area contributed by atoms with Gasteiger partial charge in [0, 0.05) is 19.1 Å². The fourth-order valence-electron chi connectivity index (χ4n) is 0.820. The van der Waals surface area contributed by atoms with Gasteiger partial charge in [0.15, 0.2) is 6.19 Å². The predicted molar refractivity (Wildman–Crippen MR) is 46.0 cm³/mol. The number of likely N-dealkylation sites (N-methyl/N-ethyl adjacent to an activating group) is 1. The van der Waals surface area contributed by atoms with Gasteiger partial charge in [-0.05, 0) is 20.4 Å². The van der Waals surface area contributed by atoms with Crippen LogP contribution in [0.5, 0.6) is 0 Å². The average molecular weight is 155 g/mol. The van der Waals surface area contributed by atoms with Gasteiger partial charge in [0.05, 0.1) is 0 Å². The van der Waals surface area contributed by atoms with Crippen LogP contribution >= 0.6 is 0 Å². The molecule has 1 atom stereocenters. The Kier molecular flexibility index (Phi) is 5.58. The summed E-state index contributed by atoms with van der Waals surface area (Å²) in [5.41, 5.74) is 0. The molecule has 0 fully saturated rings. The Morgan fingerprint density at radius 3 is 2.73 bits per heavy atom. The van der Waals surface area contributed by atoms with Crippen molar-refractivity contribution in [2.75, 3.05) is 20.1 Å². The van der Waals surface area contributed by atoms with Gasteiger partial charge in [-0.3, -0.25) is 0 Å². The molecule has 0 aliphatic carbocycles. The maximum absolute atomic E-state index is 8.20. The van der Waals surface area contributed by atoms with Crippen LogP contribution in [0.2, 0.25) is 0 Å². The molecule has 11 heavy (non-hydrogen) atoms. The number of rotatable bonds is 5. The van der Waals surface area contributed by atoms with Gasteiger partial charge in [-0.15, -0.1) is 0 Å². The average Bonchev–Trinajstić information content (AvgIpc) is 2.03. The molecule has 0 spiro atoms. The van der Waals surface area contributed by atoms with E-state index >= 15 is 0 Å². The van der Waals surface area contributed by atoms with Crippen molar-refractivity contribution in [3.8, 4) is 6.19 Å². The summed E-state index contributed by atoms with van der Waals surface area (Å²) in [5.74, 6) is 0. The van der Waals surface area contributed by atoms with E-state index in [2.05, 4.69) is 31.1 Å². The highest BCUT2D eigenvalue weighted by molar-refractivity contribution is 4.68. The van der Waals surface area contributed by atoms with E-state index in [1.807, 2.05) is 6.19 Å². The third kappa shape index (κ3) is 4.63. The van der Waals surface area contributed by atoms with Gasteiger partial charge in [-0.25, -0.2) is 0 Å². The van der Waals surface area contributed by atoms with Gasteiger partial charge in [-0.1, -0.05) is 6.92 Å². The zero-order valence-corrected chi connectivity index (χ0v) is 7.59. The minimum Gasteiger partial charge on any atom is -0.323 e. The van der Waals surface area contributed by atoms with E-state index in [9.17, 15) is 0 Å². The van der Waals surface area contributed by atoms with Crippen LogP contribution in [0, 0.1) is 11.5 Å². The predicted octanol–water partition coefficient (Wildman–Crippen LogP) is 0.787. The van der Waals surface area contributed by atoms with Gasteiger partial charge in [0.1, 0.15) is 0 Å². The van der Waals surface area contributed by atoms with Crippen molar-refractivity contribution in [2.45, 2.75) is 26.3 Å². The maximum Gasteiger partial charge on any atom is 0.176 e. The summed E-state index contributed by atoms with van der Waals surface area (Å²) in [6.07, 6.45) is 3.06. The molecular formula is C8H17N3. The molecule has 1 unspecified atom stereocenters. The molecule has 3 heteroatoms. The second kappa shape index (κ2) is 5.99. The van der Waals surface area contributed by atoms with Crippen molar-refractivity contribution in [1.29, 1.82) is 5.26 Å². The molecule has 0 amide bonds.